The Kier molecular flexibility index (Phi) is 7.00. The average Bonchev–Trinajstić information content (AvgIpc) is 3.54. The molecule has 0 radical (unpaired) electrons. The summed E-state index contributed by atoms with van der Waals surface area (Å²) in [4.78, 5) is 39.9. The average molecular weight is 524 g/mol. The lowest BCUT2D eigenvalue weighted by Gasteiger charge is -2.27. The van der Waals surface area contributed by atoms with E-state index in [4.69, 9.17) is 0 Å². The van der Waals surface area contributed by atoms with Crippen LogP contribution in [0.15, 0.2) is 24.3 Å². The molecule has 3 unspecified atom stereocenters. The first-order valence-corrected chi connectivity index (χ1v) is 11.9. The zero-order chi connectivity index (χ0) is 27.2. The lowest BCUT2D eigenvalue weighted by Crippen LogP contribution is -2.50. The van der Waals surface area contributed by atoms with Gasteiger partial charge in [0, 0.05) is 29.3 Å². The predicted molar refractivity (Wildman–Crippen MR) is 123 cm³/mol. The van der Waals surface area contributed by atoms with Crippen molar-refractivity contribution in [3.05, 3.63) is 70.0 Å². The number of nitrogens with one attached hydrogen (secondary N) is 2. The highest BCUT2D eigenvalue weighted by atomic mass is 19.2. The van der Waals surface area contributed by atoms with Gasteiger partial charge >= 0.3 is 0 Å². The minimum atomic E-state index is -1.88. The third-order valence-electron chi connectivity index (χ3n) is 7.12. The Hall–Kier alpha value is -3.50. The minimum Gasteiger partial charge on any atom is -0.347 e. The van der Waals surface area contributed by atoms with E-state index in [-0.39, 0.29) is 48.0 Å². The molecule has 2 N–H and O–H groups in total. The molecule has 2 fully saturated rings. The van der Waals surface area contributed by atoms with Gasteiger partial charge in [0.1, 0.15) is 16.9 Å². The molecule has 3 amide bonds. The largest absolute Gasteiger partial charge is 0.347 e. The first kappa shape index (κ1) is 26.6. The van der Waals surface area contributed by atoms with Gasteiger partial charge in [-0.15, -0.1) is 0 Å². The summed E-state index contributed by atoms with van der Waals surface area (Å²) in [5, 5.41) is 4.69. The summed E-state index contributed by atoms with van der Waals surface area (Å²) >= 11 is 0. The van der Waals surface area contributed by atoms with Gasteiger partial charge in [-0.25, -0.2) is 22.0 Å². The standard InChI is InChI=1S/C26H26F5N3O3/c1-12-4-5-13(2)34(12)24(36)15-6-7-16(17(27)10-15)14(3)32-25(37)26(8-9-26)33-23(35)20-21(30)18(28)11-19(29)22(20)31/h6-7,10-14H,4-5,8-9H2,1-3H3,(H,32,37)(H,33,35). The Morgan fingerprint density at radius 3 is 2.00 bits per heavy atom. The summed E-state index contributed by atoms with van der Waals surface area (Å²) in [6, 6.07) is 3.13. The van der Waals surface area contributed by atoms with Gasteiger partial charge in [0.05, 0.1) is 6.04 Å². The molecule has 0 bridgehead atoms. The van der Waals surface area contributed by atoms with E-state index in [1.54, 1.807) is 4.90 Å². The number of hydrogen-bond acceptors (Lipinski definition) is 3. The van der Waals surface area contributed by atoms with Gasteiger partial charge in [0.15, 0.2) is 23.3 Å². The quantitative estimate of drug-likeness (QED) is 0.431. The topological polar surface area (TPSA) is 78.5 Å². The maximum Gasteiger partial charge on any atom is 0.258 e. The van der Waals surface area contributed by atoms with E-state index in [1.165, 1.54) is 19.1 Å². The summed E-state index contributed by atoms with van der Waals surface area (Å²) in [6.45, 7) is 5.36. The molecule has 1 heterocycles. The van der Waals surface area contributed by atoms with Crippen molar-refractivity contribution in [1.82, 2.24) is 15.5 Å². The van der Waals surface area contributed by atoms with Crippen LogP contribution < -0.4 is 10.6 Å². The van der Waals surface area contributed by atoms with Gasteiger partial charge in [-0.1, -0.05) is 6.07 Å². The Morgan fingerprint density at radius 2 is 1.49 bits per heavy atom. The lowest BCUT2D eigenvalue weighted by atomic mass is 10.0. The smallest absolute Gasteiger partial charge is 0.258 e. The number of hydrogen-bond donors (Lipinski definition) is 2. The first-order chi connectivity index (χ1) is 17.4. The molecule has 2 aromatic carbocycles. The molecule has 4 rings (SSSR count). The van der Waals surface area contributed by atoms with Gasteiger partial charge in [0.25, 0.3) is 11.8 Å². The van der Waals surface area contributed by atoms with Crippen LogP contribution in [0.4, 0.5) is 22.0 Å². The number of halogens is 5. The Labute approximate surface area is 210 Å². The summed E-state index contributed by atoms with van der Waals surface area (Å²) in [5.41, 5.74) is -2.78. The summed E-state index contributed by atoms with van der Waals surface area (Å²) < 4.78 is 69.9. The zero-order valence-corrected chi connectivity index (χ0v) is 20.4. The van der Waals surface area contributed by atoms with E-state index < -0.39 is 58.0 Å². The molecular formula is C26H26F5N3O3. The molecule has 1 aliphatic carbocycles. The van der Waals surface area contributed by atoms with E-state index in [9.17, 15) is 36.3 Å². The number of carbonyl (C=O) groups is 3. The van der Waals surface area contributed by atoms with E-state index in [0.717, 1.165) is 18.9 Å². The van der Waals surface area contributed by atoms with Crippen LogP contribution in [0.25, 0.3) is 0 Å². The van der Waals surface area contributed by atoms with E-state index in [2.05, 4.69) is 10.6 Å². The van der Waals surface area contributed by atoms with E-state index in [1.807, 2.05) is 13.8 Å². The number of benzene rings is 2. The van der Waals surface area contributed by atoms with Crippen LogP contribution in [0, 0.1) is 29.1 Å². The SMILES string of the molecule is CC(NC(=O)C1(NC(=O)c2c(F)c(F)cc(F)c2F)CC1)c1ccc(C(=O)N2C(C)CCC2C)cc1F. The monoisotopic (exact) mass is 523 g/mol. The second kappa shape index (κ2) is 9.75. The maximum absolute atomic E-state index is 15.0. The van der Waals surface area contributed by atoms with Gasteiger partial charge in [0.2, 0.25) is 5.91 Å². The fourth-order valence-corrected chi connectivity index (χ4v) is 4.75. The molecular weight excluding hydrogens is 497 g/mol. The number of nitrogens with zero attached hydrogens (tertiary/aromatic N) is 1. The highest BCUT2D eigenvalue weighted by Crippen LogP contribution is 2.37. The van der Waals surface area contributed by atoms with E-state index >= 15 is 0 Å². The van der Waals surface area contributed by atoms with Crippen molar-refractivity contribution in [2.24, 2.45) is 0 Å². The zero-order valence-electron chi connectivity index (χ0n) is 20.4. The molecule has 1 saturated heterocycles. The molecule has 6 nitrogen and oxygen atoms in total. The molecule has 37 heavy (non-hydrogen) atoms. The Bertz CT molecular complexity index is 1240. The molecule has 0 aromatic heterocycles. The number of rotatable bonds is 6. The highest BCUT2D eigenvalue weighted by Gasteiger charge is 2.52. The molecule has 3 atom stereocenters. The fraction of sp³-hybridized carbons (Fsp3) is 0.423. The summed E-state index contributed by atoms with van der Waals surface area (Å²) in [6.07, 6.45) is 1.92. The minimum absolute atomic E-state index is 0.0254. The third kappa shape index (κ3) is 4.91. The normalized spacial score (nSPS) is 20.9. The van der Waals surface area contributed by atoms with Crippen molar-refractivity contribution in [3.63, 3.8) is 0 Å². The van der Waals surface area contributed by atoms with Gasteiger partial charge in [-0.2, -0.15) is 0 Å². The van der Waals surface area contributed by atoms with Crippen molar-refractivity contribution < 1.29 is 36.3 Å². The Balaban J connectivity index is 1.46. The van der Waals surface area contributed by atoms with Crippen LogP contribution in [-0.2, 0) is 4.79 Å². The van der Waals surface area contributed by atoms with Crippen LogP contribution in [0.5, 0.6) is 0 Å². The molecule has 2 aliphatic rings. The van der Waals surface area contributed by atoms with Crippen molar-refractivity contribution in [2.45, 2.75) is 70.1 Å². The predicted octanol–water partition coefficient (Wildman–Crippen LogP) is 4.53. The van der Waals surface area contributed by atoms with Crippen LogP contribution in [0.3, 0.4) is 0 Å². The second-order valence-electron chi connectivity index (χ2n) is 9.80. The molecule has 1 aliphatic heterocycles. The number of likely N-dealkylation sites (tertiary alicyclic amines) is 1. The Morgan fingerprint density at radius 1 is 0.919 bits per heavy atom. The van der Waals surface area contributed by atoms with Crippen LogP contribution in [-0.4, -0.2) is 40.2 Å². The lowest BCUT2D eigenvalue weighted by molar-refractivity contribution is -0.124. The van der Waals surface area contributed by atoms with Gasteiger partial charge < -0.3 is 15.5 Å². The first-order valence-electron chi connectivity index (χ1n) is 11.9. The third-order valence-corrected chi connectivity index (χ3v) is 7.12. The van der Waals surface area contributed by atoms with Crippen LogP contribution >= 0.6 is 0 Å². The van der Waals surface area contributed by atoms with Crippen molar-refractivity contribution in [1.29, 1.82) is 0 Å². The summed E-state index contributed by atoms with van der Waals surface area (Å²) in [7, 11) is 0. The van der Waals surface area contributed by atoms with Gasteiger partial charge in [-0.05, 0) is 58.6 Å². The van der Waals surface area contributed by atoms with Crippen molar-refractivity contribution >= 4 is 17.7 Å². The van der Waals surface area contributed by atoms with Crippen molar-refractivity contribution in [3.8, 4) is 0 Å². The molecule has 1 saturated carbocycles. The molecule has 2 aromatic rings. The molecule has 198 valence electrons. The summed E-state index contributed by atoms with van der Waals surface area (Å²) in [5.74, 6) is -10.5. The molecule has 11 heteroatoms. The van der Waals surface area contributed by atoms with Crippen LogP contribution in [0.1, 0.15) is 78.8 Å². The van der Waals surface area contributed by atoms with Crippen LogP contribution in [0.2, 0.25) is 0 Å². The highest BCUT2D eigenvalue weighted by molar-refractivity contribution is 6.01. The number of carbonyl (C=O) groups excluding carboxylic acids is 3. The van der Waals surface area contributed by atoms with Crippen molar-refractivity contribution in [2.75, 3.05) is 0 Å². The maximum atomic E-state index is 15.0. The van der Waals surface area contributed by atoms with E-state index in [0.29, 0.717) is 0 Å². The fourth-order valence-electron chi connectivity index (χ4n) is 4.75. The van der Waals surface area contributed by atoms with Gasteiger partial charge in [-0.3, -0.25) is 14.4 Å². The number of amides is 3. The second-order valence-corrected chi connectivity index (χ2v) is 9.80. The molecule has 0 spiro atoms.